The van der Waals surface area contributed by atoms with Gasteiger partial charge in [0.1, 0.15) is 5.83 Å². The van der Waals surface area contributed by atoms with Gasteiger partial charge in [-0.25, -0.2) is 4.39 Å². The highest BCUT2D eigenvalue weighted by Gasteiger charge is 2.12. The number of hydrogen-bond acceptors (Lipinski definition) is 0. The topological polar surface area (TPSA) is 0 Å². The average Bonchev–Trinajstić information content (AvgIpc) is 2.80. The summed E-state index contributed by atoms with van der Waals surface area (Å²) in [7, 11) is 0. The van der Waals surface area contributed by atoms with Crippen molar-refractivity contribution in [3.8, 4) is 0 Å². The minimum atomic E-state index is -0.381. The Balaban J connectivity index is 0.00000302. The molecule has 1 heteroatoms. The molecule has 0 saturated carbocycles. The van der Waals surface area contributed by atoms with Crippen molar-refractivity contribution in [1.82, 2.24) is 0 Å². The molecule has 0 aromatic heterocycles. The molecule has 32 heavy (non-hydrogen) atoms. The van der Waals surface area contributed by atoms with Gasteiger partial charge in [-0.3, -0.25) is 0 Å². The fourth-order valence-electron chi connectivity index (χ4n) is 2.57. The van der Waals surface area contributed by atoms with Gasteiger partial charge in [0.15, 0.2) is 0 Å². The maximum absolute atomic E-state index is 14.6. The van der Waals surface area contributed by atoms with Crippen LogP contribution >= 0.6 is 0 Å². The molecule has 0 amide bonds. The van der Waals surface area contributed by atoms with Crippen LogP contribution in [0.4, 0.5) is 4.39 Å². The van der Waals surface area contributed by atoms with Crippen molar-refractivity contribution >= 4 is 0 Å². The van der Waals surface area contributed by atoms with Gasteiger partial charge in [0.2, 0.25) is 0 Å². The summed E-state index contributed by atoms with van der Waals surface area (Å²) in [6.45, 7) is 32.1. The highest BCUT2D eigenvalue weighted by molar-refractivity contribution is 5.53. The van der Waals surface area contributed by atoms with Crippen LogP contribution in [0.1, 0.15) is 59.8 Å². The SMILES string of the molecule is C=C(/C=C\C(=C)C(=C)/C=C\C(=C)C(=C)/C=C(/F)C(=C)C1=CC=C(CC)CC1)CC.CCC. The Bertz CT molecular complexity index is 891. The summed E-state index contributed by atoms with van der Waals surface area (Å²) >= 11 is 0. The average molecular weight is 433 g/mol. The van der Waals surface area contributed by atoms with E-state index >= 15 is 0 Å². The van der Waals surface area contributed by atoms with Gasteiger partial charge >= 0.3 is 0 Å². The second kappa shape index (κ2) is 15.8. The zero-order valence-electron chi connectivity index (χ0n) is 20.7. The molecule has 0 aromatic rings. The van der Waals surface area contributed by atoms with Crippen molar-refractivity contribution < 1.29 is 4.39 Å². The van der Waals surface area contributed by atoms with E-state index in [4.69, 9.17) is 0 Å². The van der Waals surface area contributed by atoms with Gasteiger partial charge in [0, 0.05) is 5.57 Å². The lowest BCUT2D eigenvalue weighted by atomic mass is 9.91. The Morgan fingerprint density at radius 3 is 1.72 bits per heavy atom. The first-order valence-electron chi connectivity index (χ1n) is 11.4. The van der Waals surface area contributed by atoms with Crippen molar-refractivity contribution in [3.63, 3.8) is 0 Å². The standard InChI is InChI=1S/C28H33F.C3H8/c1-9-20(3)11-12-21(4)22(5)13-14-23(6)24(7)19-28(29)25(8)27-17-15-26(10-2)16-18-27;1-3-2/h11-15,17,19H,3-10,16,18H2,1-2H3;3H2,1-2H3/b12-11-,14-13-,28-19+;. The van der Waals surface area contributed by atoms with Gasteiger partial charge in [-0.2, -0.15) is 0 Å². The second-order valence-electron chi connectivity index (χ2n) is 7.83. The first-order valence-corrected chi connectivity index (χ1v) is 11.4. The zero-order valence-corrected chi connectivity index (χ0v) is 20.7. The number of hydrogen-bond donors (Lipinski definition) is 0. The molecule has 0 aliphatic heterocycles. The Morgan fingerprint density at radius 1 is 0.781 bits per heavy atom. The van der Waals surface area contributed by atoms with E-state index in [1.54, 1.807) is 12.2 Å². The molecule has 0 fully saturated rings. The van der Waals surface area contributed by atoms with E-state index in [9.17, 15) is 4.39 Å². The monoisotopic (exact) mass is 432 g/mol. The molecule has 0 spiro atoms. The van der Waals surface area contributed by atoms with E-state index < -0.39 is 0 Å². The second-order valence-corrected chi connectivity index (χ2v) is 7.83. The smallest absolute Gasteiger partial charge is 0.130 e. The summed E-state index contributed by atoms with van der Waals surface area (Å²) < 4.78 is 14.6. The third kappa shape index (κ3) is 10.9. The first kappa shape index (κ1) is 29.1. The van der Waals surface area contributed by atoms with Gasteiger partial charge in [-0.15, -0.1) is 0 Å². The minimum absolute atomic E-state index is 0.381. The molecule has 1 aliphatic rings. The summed E-state index contributed by atoms with van der Waals surface area (Å²) in [6, 6.07) is 0. The van der Waals surface area contributed by atoms with E-state index in [2.05, 4.69) is 66.3 Å². The molecule has 172 valence electrons. The van der Waals surface area contributed by atoms with Crippen LogP contribution in [0.15, 0.2) is 132 Å². The lowest BCUT2D eigenvalue weighted by molar-refractivity contribution is 0.650. The maximum atomic E-state index is 14.6. The summed E-state index contributed by atoms with van der Waals surface area (Å²) in [5, 5.41) is 0. The van der Waals surface area contributed by atoms with Crippen LogP contribution in [0.2, 0.25) is 0 Å². The van der Waals surface area contributed by atoms with E-state index in [0.29, 0.717) is 16.7 Å². The highest BCUT2D eigenvalue weighted by atomic mass is 19.1. The molecule has 0 N–H and O–H groups in total. The van der Waals surface area contributed by atoms with E-state index in [1.807, 2.05) is 25.2 Å². The lowest BCUT2D eigenvalue weighted by Crippen LogP contribution is -1.97. The summed E-state index contributed by atoms with van der Waals surface area (Å²) in [4.78, 5) is 0. The Labute approximate surface area is 196 Å². The van der Waals surface area contributed by atoms with Crippen molar-refractivity contribution in [2.75, 3.05) is 0 Å². The van der Waals surface area contributed by atoms with Crippen LogP contribution in [0.25, 0.3) is 0 Å². The fraction of sp³-hybridized carbons (Fsp3) is 0.290. The molecular weight excluding hydrogens is 391 g/mol. The van der Waals surface area contributed by atoms with E-state index in [0.717, 1.165) is 48.0 Å². The molecule has 0 heterocycles. The largest absolute Gasteiger partial charge is 0.206 e. The quantitative estimate of drug-likeness (QED) is 0.285. The number of rotatable bonds is 11. The van der Waals surface area contributed by atoms with Crippen LogP contribution in [0, 0.1) is 0 Å². The molecule has 0 unspecified atom stereocenters. The predicted octanol–water partition coefficient (Wildman–Crippen LogP) is 10.2. The van der Waals surface area contributed by atoms with Crippen LogP contribution in [-0.4, -0.2) is 0 Å². The van der Waals surface area contributed by atoms with Gasteiger partial charge in [0.25, 0.3) is 0 Å². The molecule has 0 nitrogen and oxygen atoms in total. The fourth-order valence-corrected chi connectivity index (χ4v) is 2.57. The van der Waals surface area contributed by atoms with Gasteiger partial charge in [-0.1, -0.05) is 121 Å². The van der Waals surface area contributed by atoms with Crippen LogP contribution in [-0.2, 0) is 0 Å². The predicted molar refractivity (Wildman–Crippen MR) is 144 cm³/mol. The minimum Gasteiger partial charge on any atom is -0.206 e. The maximum Gasteiger partial charge on any atom is 0.130 e. The van der Waals surface area contributed by atoms with Crippen LogP contribution in [0.3, 0.4) is 0 Å². The number of allylic oxidation sites excluding steroid dienone is 16. The third-order valence-electron chi connectivity index (χ3n) is 4.95. The summed E-state index contributed by atoms with van der Waals surface area (Å²) in [5.74, 6) is -0.381. The van der Waals surface area contributed by atoms with Crippen LogP contribution in [0.5, 0.6) is 0 Å². The summed E-state index contributed by atoms with van der Waals surface area (Å²) in [6.07, 6.45) is 17.7. The molecule has 0 bridgehead atoms. The third-order valence-corrected chi connectivity index (χ3v) is 4.95. The van der Waals surface area contributed by atoms with Crippen molar-refractivity contribution in [2.45, 2.75) is 59.8 Å². The Hall–Kier alpha value is -2.93. The van der Waals surface area contributed by atoms with Gasteiger partial charge in [0.05, 0.1) is 0 Å². The molecule has 0 radical (unpaired) electrons. The van der Waals surface area contributed by atoms with Crippen molar-refractivity contribution in [1.29, 1.82) is 0 Å². The van der Waals surface area contributed by atoms with Crippen LogP contribution < -0.4 is 0 Å². The van der Waals surface area contributed by atoms with Crippen molar-refractivity contribution in [3.05, 3.63) is 132 Å². The Morgan fingerprint density at radius 2 is 1.28 bits per heavy atom. The van der Waals surface area contributed by atoms with Gasteiger partial charge < -0.3 is 0 Å². The van der Waals surface area contributed by atoms with Gasteiger partial charge in [-0.05, 0) is 59.6 Å². The first-order chi connectivity index (χ1) is 15.1. The van der Waals surface area contributed by atoms with E-state index in [1.165, 1.54) is 18.1 Å². The normalized spacial score (nSPS) is 13.7. The molecule has 1 rings (SSSR count). The molecule has 0 atom stereocenters. The van der Waals surface area contributed by atoms with Crippen molar-refractivity contribution in [2.24, 2.45) is 0 Å². The molecular formula is C31H41F. The molecule has 1 aliphatic carbocycles. The lowest BCUT2D eigenvalue weighted by Gasteiger charge is -2.15. The number of halogens is 1. The molecule has 0 saturated heterocycles. The Kier molecular flexibility index (Phi) is 14.4. The van der Waals surface area contributed by atoms with E-state index in [-0.39, 0.29) is 5.83 Å². The molecule has 0 aromatic carbocycles. The highest BCUT2D eigenvalue weighted by Crippen LogP contribution is 2.30. The zero-order chi connectivity index (χ0) is 24.7. The summed E-state index contributed by atoms with van der Waals surface area (Å²) in [5.41, 5.74) is 6.38.